The van der Waals surface area contributed by atoms with E-state index in [1.165, 1.54) is 217 Å². The summed E-state index contributed by atoms with van der Waals surface area (Å²) in [5.41, 5.74) is 21.3. The van der Waals surface area contributed by atoms with Crippen molar-refractivity contribution >= 4 is 109 Å². The molecule has 6 heterocycles. The maximum atomic E-state index is 12.6. The van der Waals surface area contributed by atoms with Gasteiger partial charge in [0.1, 0.15) is 0 Å². The van der Waals surface area contributed by atoms with Crippen LogP contribution in [0.25, 0.3) is 32.7 Å². The van der Waals surface area contributed by atoms with Crippen molar-refractivity contribution in [2.24, 2.45) is 35.5 Å². The number of carbonyl (C=O) groups is 1. The predicted molar refractivity (Wildman–Crippen MR) is 636 cm³/mol. The number of nitrogens with zero attached hydrogens (tertiary/aromatic N) is 1. The molecule has 0 radical (unpaired) electrons. The van der Waals surface area contributed by atoms with Crippen LogP contribution in [-0.4, -0.2) is 124 Å². The Morgan fingerprint density at radius 2 is 0.619 bits per heavy atom. The summed E-state index contributed by atoms with van der Waals surface area (Å²) in [6.45, 7) is 13.2. The Morgan fingerprint density at radius 3 is 0.980 bits per heavy atom. The number of carbonyl (C=O) groups excluding carboxylic acids is 1. The van der Waals surface area contributed by atoms with E-state index in [4.69, 9.17) is 0 Å². The van der Waals surface area contributed by atoms with Crippen molar-refractivity contribution in [3.63, 3.8) is 0 Å². The predicted octanol–water partition coefficient (Wildman–Crippen LogP) is 29.8. The maximum absolute atomic E-state index is 12.6. The van der Waals surface area contributed by atoms with Gasteiger partial charge >= 0.3 is 84.3 Å². The first kappa shape index (κ1) is 117. The number of fused-ring (bicyclic) bond motifs is 11. The van der Waals surface area contributed by atoms with Crippen LogP contribution < -0.4 is 10.6 Å². The Bertz CT molecular complexity index is 6110. The van der Waals surface area contributed by atoms with E-state index in [1.54, 1.807) is 41.7 Å². The largest absolute Gasteiger partial charge is 2.00 e. The van der Waals surface area contributed by atoms with Crippen molar-refractivity contribution in [2.45, 2.75) is 86.7 Å². The Kier molecular flexibility index (Phi) is 47.8. The molecule has 16 heteroatoms. The Morgan fingerprint density at radius 1 is 0.306 bits per heavy atom. The van der Waals surface area contributed by atoms with Crippen molar-refractivity contribution in [1.82, 2.24) is 4.90 Å². The van der Waals surface area contributed by atoms with Gasteiger partial charge in [0.25, 0.3) is 0 Å². The van der Waals surface area contributed by atoms with E-state index < -0.39 is 31.7 Å². The third-order valence-corrected chi connectivity index (χ3v) is 53.8. The SMILES string of the molecule is C[PH+](C)Cc1[c-]c(C2(c3[c-]c(C[PH+](C)C)ccc3)c3ccccc3-c3ccccc32)ccc1.O=C1C2C[PH+](Cc3[c-]cccc3)CC1C[PH+](Cc1[c-]cccc1)C2.[Pt+2].[Pt+2].[Pt+2].[Pt+2].[Pt].[c-]1ccc2ccccc2c1C[PH+](CCC[PH+](Cc1[c-]ccc2ccccc12)c1ccccc1)c1ccccc1.[c-]1ccccc1CN1CC2CC(C1)C[PH+](Cc1[c-]cccc1)C2.[c-]1ccccc1C[PH+]1CC2CC(C1)C[PH+](Cc1[c-]cccc1)C2. The second-order valence-corrected chi connectivity index (χ2v) is 66.1. The Hall–Kier alpha value is -5.02. The van der Waals surface area contributed by atoms with Crippen molar-refractivity contribution in [2.75, 3.05) is 114 Å². The van der Waals surface area contributed by atoms with E-state index in [2.05, 4.69) is 426 Å². The van der Waals surface area contributed by atoms with Crippen LogP contribution in [-0.2, 0) is 178 Å². The molecule has 6 fully saturated rings. The maximum Gasteiger partial charge on any atom is 2.00 e. The number of Topliss-reactive ketones (excluding diaryl/α,β-unsaturated/α-hetero) is 1. The van der Waals surface area contributed by atoms with Crippen molar-refractivity contribution in [1.29, 1.82) is 0 Å². The third-order valence-electron chi connectivity index (χ3n) is 30.3. The molecule has 0 N–H and O–H groups in total. The van der Waals surface area contributed by atoms with E-state index in [-0.39, 0.29) is 150 Å². The summed E-state index contributed by atoms with van der Waals surface area (Å²) < 4.78 is 0. The summed E-state index contributed by atoms with van der Waals surface area (Å²) in [7, 11) is -3.74. The first-order valence-corrected chi connectivity index (χ1v) is 72.2. The zero-order chi connectivity index (χ0) is 96.6. The van der Waals surface area contributed by atoms with Crippen LogP contribution in [0.5, 0.6) is 0 Å². The average Bonchev–Trinajstić information content (AvgIpc) is 1.53. The van der Waals surface area contributed by atoms with Crippen LogP contribution in [0.1, 0.15) is 97.2 Å². The molecule has 0 amide bonds. The molecule has 23 rings (SSSR count). The molecule has 7 aliphatic rings. The van der Waals surface area contributed by atoms with E-state index in [1.807, 2.05) is 30.3 Å². The number of ketones is 1. The van der Waals surface area contributed by atoms with Crippen molar-refractivity contribution in [3.05, 3.63) is 503 Å². The van der Waals surface area contributed by atoms with Gasteiger partial charge in [-0.15, -0.1) is 100 Å². The number of rotatable bonds is 28. The summed E-state index contributed by atoms with van der Waals surface area (Å²) in [5, 5.41) is 8.44. The number of piperidine rings is 1. The van der Waals surface area contributed by atoms with Gasteiger partial charge in [-0.3, -0.25) is 4.79 Å². The fourth-order valence-corrected chi connectivity index (χ4v) is 50.3. The molecule has 0 aromatic heterocycles. The molecule has 0 spiro atoms. The molecular weight excluding hydrogens is 2860 g/mol. The minimum absolute atomic E-state index is 0. The molecule has 0 saturated carbocycles. The number of hydrogen-bond acceptors (Lipinski definition) is 2. The van der Waals surface area contributed by atoms with E-state index >= 15 is 0 Å². The Labute approximate surface area is 963 Å². The zero-order valence-electron chi connectivity index (χ0n) is 85.1. The number of likely N-dealkylation sites (tertiary alicyclic amines) is 1. The van der Waals surface area contributed by atoms with Gasteiger partial charge in [-0.2, -0.15) is 267 Å². The van der Waals surface area contributed by atoms with Gasteiger partial charge < -0.3 is 4.90 Å². The topological polar surface area (TPSA) is 20.3 Å². The fraction of sp³-hybridized carbons (Fsp3) is 0.290. The van der Waals surface area contributed by atoms with E-state index in [0.29, 0.717) is 17.6 Å². The van der Waals surface area contributed by atoms with Crippen molar-refractivity contribution < 1.29 is 110 Å². The van der Waals surface area contributed by atoms with Crippen LogP contribution >= 0.6 is 71.3 Å². The van der Waals surface area contributed by atoms with Crippen LogP contribution in [0.4, 0.5) is 0 Å². The van der Waals surface area contributed by atoms with Gasteiger partial charge in [-0.05, 0) is 75.2 Å². The molecule has 16 aromatic carbocycles. The molecule has 16 aromatic rings. The van der Waals surface area contributed by atoms with E-state index in [9.17, 15) is 4.79 Å². The van der Waals surface area contributed by atoms with E-state index in [0.717, 1.165) is 54.9 Å². The smallest absolute Gasteiger partial charge is 0.300 e. The van der Waals surface area contributed by atoms with Crippen LogP contribution in [0.3, 0.4) is 0 Å². The molecule has 764 valence electrons. The summed E-state index contributed by atoms with van der Waals surface area (Å²) in [4.78, 5) is 15.3. The second kappa shape index (κ2) is 59.8. The average molecular weight is 3000 g/mol. The molecule has 1 aliphatic carbocycles. The summed E-state index contributed by atoms with van der Waals surface area (Å²) in [5.74, 6) is 5.34. The van der Waals surface area contributed by atoms with Gasteiger partial charge in [0.15, 0.2) is 5.78 Å². The summed E-state index contributed by atoms with van der Waals surface area (Å²) >= 11 is 0. The normalized spacial score (nSPS) is 20.4. The fourth-order valence-electron chi connectivity index (χ4n) is 24.6. The number of benzene rings is 16. The first-order chi connectivity index (χ1) is 69.8. The second-order valence-electron chi connectivity index (χ2n) is 41.9. The minimum Gasteiger partial charge on any atom is -0.300 e. The number of hydrogen-bond donors (Lipinski definition) is 0. The monoisotopic (exact) mass is 3000 g/mol. The van der Waals surface area contributed by atoms with Gasteiger partial charge in [0.05, 0.1) is 152 Å². The van der Waals surface area contributed by atoms with Crippen LogP contribution in [0.15, 0.2) is 364 Å². The molecule has 6 bridgehead atoms. The molecular formula is C131H141NOP9Pt5+7. The third kappa shape index (κ3) is 32.6. The molecule has 6 aliphatic heterocycles. The zero-order valence-corrected chi connectivity index (χ0v) is 105. The van der Waals surface area contributed by atoms with Crippen LogP contribution in [0, 0.1) is 96.2 Å². The van der Waals surface area contributed by atoms with Gasteiger partial charge in [-0.1, -0.05) is 121 Å². The quantitative estimate of drug-likeness (QED) is 0.0360. The Balaban J connectivity index is 0.000000146. The van der Waals surface area contributed by atoms with Crippen molar-refractivity contribution in [3.8, 4) is 11.1 Å². The molecule has 6 saturated heterocycles. The molecule has 4 unspecified atom stereocenters. The molecule has 147 heavy (non-hydrogen) atoms. The molecule has 4 atom stereocenters. The van der Waals surface area contributed by atoms with Gasteiger partial charge in [-0.25, -0.2) is 0 Å². The molecule has 2 nitrogen and oxygen atoms in total. The minimum atomic E-state index is -0.771. The summed E-state index contributed by atoms with van der Waals surface area (Å²) in [6.07, 6.45) is 31.9. The summed E-state index contributed by atoms with van der Waals surface area (Å²) in [6, 6.07) is 167. The van der Waals surface area contributed by atoms with Gasteiger partial charge in [0, 0.05) is 158 Å². The van der Waals surface area contributed by atoms with Crippen LogP contribution in [0.2, 0.25) is 0 Å². The standard InChI is InChI=1S/C37H32P2.C31H30P2.C21H24NP.C21H22OP2.C21H24P2.5Pt/c1-3-20-34(21-4-1)38(28-32-18-11-16-30-14-7-9-24-36(30)32)26-13-27-39(35-22-5-2-6-23-35)29-33-19-12-17-31-15-8-10-25-37(31)33;1-32(2)21-23-11-9-13-25(19-23)31(26-14-10-12-24(20-26)22-33(3)4)29-17-7-5-15-27(29)28-16-6-8-18-30(28)31;1-3-7-18(8-4-1)12-22-13-20-11-21(14-22)17-23(16-20)15-19-9-5-2-6-10-19;22-21-19-13-23(11-17-7-3-1-4-8-17)14-20(21)16-24(15-19)12-18-9-5-2-6-10-18;1-3-7-18(8-4-1)12-22-14-20-11-21(15-22)17-23(16-20)13-19-9-5-2-6-10-19;;;;;/h1-12,14-17,20-25H,13,26-29H2;5-18H,21-22H2,1-4H3;1-7,9,20-21H,11-17H2;1-7,9,19-20H,11-16H2;1-7,9,20-21H,11-17H2;;;;;/q5*-2;;4*+2/p+9. The first-order valence-electron chi connectivity index (χ1n) is 52.4. The van der Waals surface area contributed by atoms with Gasteiger partial charge in [0.2, 0.25) is 0 Å².